The van der Waals surface area contributed by atoms with Gasteiger partial charge in [-0.2, -0.15) is 0 Å². The van der Waals surface area contributed by atoms with Crippen molar-refractivity contribution in [3.63, 3.8) is 0 Å². The van der Waals surface area contributed by atoms with Crippen molar-refractivity contribution in [3.8, 4) is 0 Å². The number of nitrogens with one attached hydrogen (secondary N) is 1. The molecule has 12 heavy (non-hydrogen) atoms. The number of rotatable bonds is 7. The molecule has 0 aromatic rings. The van der Waals surface area contributed by atoms with Crippen molar-refractivity contribution in [2.24, 2.45) is 17.4 Å². The van der Waals surface area contributed by atoms with E-state index in [1.54, 1.807) is 0 Å². The minimum absolute atomic E-state index is 0.581. The van der Waals surface area contributed by atoms with E-state index in [0.29, 0.717) is 18.5 Å². The zero-order valence-corrected chi connectivity index (χ0v) is 8.34. The lowest BCUT2D eigenvalue weighted by Crippen LogP contribution is -2.38. The SMILES string of the molecule is CCC(NCCN)C(C)CCN. The molecule has 3 nitrogen and oxygen atoms in total. The molecule has 5 N–H and O–H groups in total. The zero-order chi connectivity index (χ0) is 9.40. The standard InChI is InChI=1S/C9H23N3/c1-3-9(12-7-6-11)8(2)4-5-10/h8-9,12H,3-7,10-11H2,1-2H3. The minimum atomic E-state index is 0.581. The highest BCUT2D eigenvalue weighted by molar-refractivity contribution is 4.72. The van der Waals surface area contributed by atoms with E-state index in [9.17, 15) is 0 Å². The monoisotopic (exact) mass is 173 g/mol. The molecule has 0 amide bonds. The number of hydrogen-bond donors (Lipinski definition) is 3. The number of hydrogen-bond acceptors (Lipinski definition) is 3. The van der Waals surface area contributed by atoms with E-state index in [0.717, 1.165) is 25.9 Å². The van der Waals surface area contributed by atoms with Crippen LogP contribution in [0, 0.1) is 5.92 Å². The van der Waals surface area contributed by atoms with Gasteiger partial charge in [0.1, 0.15) is 0 Å². The van der Waals surface area contributed by atoms with Gasteiger partial charge in [-0.15, -0.1) is 0 Å². The summed E-state index contributed by atoms with van der Waals surface area (Å²) in [6.45, 7) is 6.84. The largest absolute Gasteiger partial charge is 0.330 e. The second-order valence-corrected chi connectivity index (χ2v) is 3.31. The average Bonchev–Trinajstić information content (AvgIpc) is 2.06. The molecule has 0 rings (SSSR count). The molecule has 0 radical (unpaired) electrons. The Morgan fingerprint density at radius 1 is 1.25 bits per heavy atom. The third-order valence-corrected chi connectivity index (χ3v) is 2.30. The Hall–Kier alpha value is -0.120. The Bertz CT molecular complexity index is 95.8. The number of nitrogens with two attached hydrogens (primary N) is 2. The van der Waals surface area contributed by atoms with Gasteiger partial charge >= 0.3 is 0 Å². The fraction of sp³-hybridized carbons (Fsp3) is 1.00. The molecule has 0 heterocycles. The van der Waals surface area contributed by atoms with Gasteiger partial charge in [0, 0.05) is 19.1 Å². The maximum absolute atomic E-state index is 5.50. The fourth-order valence-corrected chi connectivity index (χ4v) is 1.48. The van der Waals surface area contributed by atoms with E-state index in [2.05, 4.69) is 19.2 Å². The Morgan fingerprint density at radius 3 is 2.33 bits per heavy atom. The Kier molecular flexibility index (Phi) is 7.45. The summed E-state index contributed by atoms with van der Waals surface area (Å²) in [5.74, 6) is 0.659. The molecule has 0 spiro atoms. The molecule has 0 saturated heterocycles. The second kappa shape index (κ2) is 7.53. The van der Waals surface area contributed by atoms with Crippen LogP contribution in [0.15, 0.2) is 0 Å². The molecule has 0 aromatic heterocycles. The van der Waals surface area contributed by atoms with Crippen LogP contribution in [-0.4, -0.2) is 25.7 Å². The first-order chi connectivity index (χ1) is 5.76. The van der Waals surface area contributed by atoms with Crippen molar-refractivity contribution in [1.29, 1.82) is 0 Å². The highest BCUT2D eigenvalue weighted by atomic mass is 14.9. The third-order valence-electron chi connectivity index (χ3n) is 2.30. The molecule has 0 saturated carbocycles. The van der Waals surface area contributed by atoms with Gasteiger partial charge in [0.05, 0.1) is 0 Å². The van der Waals surface area contributed by atoms with Gasteiger partial charge in [0.25, 0.3) is 0 Å². The lowest BCUT2D eigenvalue weighted by atomic mass is 9.96. The van der Waals surface area contributed by atoms with E-state index in [1.165, 1.54) is 0 Å². The highest BCUT2D eigenvalue weighted by Crippen LogP contribution is 2.09. The van der Waals surface area contributed by atoms with Gasteiger partial charge in [-0.25, -0.2) is 0 Å². The van der Waals surface area contributed by atoms with Crippen molar-refractivity contribution in [3.05, 3.63) is 0 Å². The maximum Gasteiger partial charge on any atom is 0.00910 e. The van der Waals surface area contributed by atoms with Crippen LogP contribution in [0.5, 0.6) is 0 Å². The van der Waals surface area contributed by atoms with E-state index in [4.69, 9.17) is 11.5 Å². The Morgan fingerprint density at radius 2 is 1.92 bits per heavy atom. The molecule has 0 aliphatic heterocycles. The van der Waals surface area contributed by atoms with Crippen molar-refractivity contribution >= 4 is 0 Å². The highest BCUT2D eigenvalue weighted by Gasteiger charge is 2.12. The molecular formula is C9H23N3. The van der Waals surface area contributed by atoms with Gasteiger partial charge in [-0.3, -0.25) is 0 Å². The van der Waals surface area contributed by atoms with E-state index in [-0.39, 0.29) is 0 Å². The Balaban J connectivity index is 3.62. The second-order valence-electron chi connectivity index (χ2n) is 3.31. The van der Waals surface area contributed by atoms with Gasteiger partial charge < -0.3 is 16.8 Å². The van der Waals surface area contributed by atoms with Crippen LogP contribution in [0.1, 0.15) is 26.7 Å². The summed E-state index contributed by atoms with van der Waals surface area (Å²) in [5.41, 5.74) is 10.9. The maximum atomic E-state index is 5.50. The predicted octanol–water partition coefficient (Wildman–Crippen LogP) is 0.298. The lowest BCUT2D eigenvalue weighted by Gasteiger charge is -2.23. The predicted molar refractivity (Wildman–Crippen MR) is 54.0 cm³/mol. The molecule has 2 atom stereocenters. The van der Waals surface area contributed by atoms with Crippen LogP contribution < -0.4 is 16.8 Å². The van der Waals surface area contributed by atoms with Crippen molar-refractivity contribution in [2.45, 2.75) is 32.7 Å². The van der Waals surface area contributed by atoms with Crippen LogP contribution in [0.4, 0.5) is 0 Å². The van der Waals surface area contributed by atoms with E-state index >= 15 is 0 Å². The molecule has 2 unspecified atom stereocenters. The molecule has 0 aliphatic rings. The van der Waals surface area contributed by atoms with Gasteiger partial charge in [0.2, 0.25) is 0 Å². The van der Waals surface area contributed by atoms with E-state index < -0.39 is 0 Å². The molecule has 0 aromatic carbocycles. The van der Waals surface area contributed by atoms with Crippen LogP contribution in [0.2, 0.25) is 0 Å². The van der Waals surface area contributed by atoms with Gasteiger partial charge in [-0.1, -0.05) is 13.8 Å². The van der Waals surface area contributed by atoms with Gasteiger partial charge in [0.15, 0.2) is 0 Å². The molecule has 74 valence electrons. The molecular weight excluding hydrogens is 150 g/mol. The van der Waals surface area contributed by atoms with Gasteiger partial charge in [-0.05, 0) is 25.3 Å². The van der Waals surface area contributed by atoms with Crippen LogP contribution >= 0.6 is 0 Å². The summed E-state index contributed by atoms with van der Waals surface area (Å²) in [6, 6.07) is 0.581. The lowest BCUT2D eigenvalue weighted by molar-refractivity contribution is 0.355. The topological polar surface area (TPSA) is 64.1 Å². The van der Waals surface area contributed by atoms with Crippen molar-refractivity contribution < 1.29 is 0 Å². The normalized spacial score (nSPS) is 16.0. The van der Waals surface area contributed by atoms with Crippen LogP contribution in [0.25, 0.3) is 0 Å². The zero-order valence-electron chi connectivity index (χ0n) is 8.34. The minimum Gasteiger partial charge on any atom is -0.330 e. The summed E-state index contributed by atoms with van der Waals surface area (Å²) < 4.78 is 0. The quantitative estimate of drug-likeness (QED) is 0.519. The molecule has 0 fully saturated rings. The summed E-state index contributed by atoms with van der Waals surface area (Å²) in [5, 5.41) is 3.42. The summed E-state index contributed by atoms with van der Waals surface area (Å²) in [4.78, 5) is 0. The first-order valence-electron chi connectivity index (χ1n) is 4.89. The van der Waals surface area contributed by atoms with Crippen LogP contribution in [0.3, 0.4) is 0 Å². The first kappa shape index (κ1) is 11.9. The summed E-state index contributed by atoms with van der Waals surface area (Å²) in [7, 11) is 0. The Labute approximate surface area is 75.9 Å². The first-order valence-corrected chi connectivity index (χ1v) is 4.89. The van der Waals surface area contributed by atoms with E-state index in [1.807, 2.05) is 0 Å². The summed E-state index contributed by atoms with van der Waals surface area (Å²) in [6.07, 6.45) is 2.25. The van der Waals surface area contributed by atoms with Crippen molar-refractivity contribution in [1.82, 2.24) is 5.32 Å². The smallest absolute Gasteiger partial charge is 0.00910 e. The molecule has 0 bridgehead atoms. The third kappa shape index (κ3) is 4.70. The van der Waals surface area contributed by atoms with Crippen molar-refractivity contribution in [2.75, 3.05) is 19.6 Å². The summed E-state index contributed by atoms with van der Waals surface area (Å²) >= 11 is 0. The molecule has 3 heteroatoms. The fourth-order valence-electron chi connectivity index (χ4n) is 1.48. The van der Waals surface area contributed by atoms with Crippen LogP contribution in [-0.2, 0) is 0 Å². The molecule has 0 aliphatic carbocycles. The average molecular weight is 173 g/mol.